The molecule has 0 saturated carbocycles. The zero-order valence-corrected chi connectivity index (χ0v) is 12.7. The number of hydrogen-bond acceptors (Lipinski definition) is 2. The normalized spacial score (nSPS) is 11.2. The third kappa shape index (κ3) is 1.82. The Morgan fingerprint density at radius 2 is 1.35 bits per heavy atom. The van der Waals surface area contributed by atoms with Gasteiger partial charge in [0.25, 0.3) is 0 Å². The zero-order valence-electron chi connectivity index (χ0n) is 12.7. The van der Waals surface area contributed by atoms with E-state index in [-0.39, 0.29) is 0 Å². The summed E-state index contributed by atoms with van der Waals surface area (Å²) < 4.78 is 0. The van der Waals surface area contributed by atoms with Crippen LogP contribution in [0.15, 0.2) is 24.3 Å². The molecule has 3 aromatic rings. The van der Waals surface area contributed by atoms with E-state index in [1.165, 1.54) is 27.8 Å². The van der Waals surface area contributed by atoms with Crippen molar-refractivity contribution in [2.75, 3.05) is 0 Å². The van der Waals surface area contributed by atoms with Gasteiger partial charge in [-0.2, -0.15) is 4.80 Å². The van der Waals surface area contributed by atoms with Gasteiger partial charge in [0.2, 0.25) is 0 Å². The molecule has 1 heterocycles. The third-order valence-corrected chi connectivity index (χ3v) is 4.32. The van der Waals surface area contributed by atoms with Crippen LogP contribution in [0.2, 0.25) is 0 Å². The Kier molecular flexibility index (Phi) is 2.85. The minimum Gasteiger partial charge on any atom is -0.150 e. The first-order valence-corrected chi connectivity index (χ1v) is 6.89. The van der Waals surface area contributed by atoms with Gasteiger partial charge < -0.3 is 0 Å². The minimum absolute atomic E-state index is 0.950. The molecule has 0 radical (unpaired) electrons. The molecule has 102 valence electrons. The van der Waals surface area contributed by atoms with Crippen LogP contribution in [0, 0.1) is 34.6 Å². The van der Waals surface area contributed by atoms with Gasteiger partial charge in [0.1, 0.15) is 11.0 Å². The van der Waals surface area contributed by atoms with Crippen LogP contribution < -0.4 is 0 Å². The number of rotatable bonds is 1. The van der Waals surface area contributed by atoms with Crippen LogP contribution in [0.5, 0.6) is 0 Å². The third-order valence-electron chi connectivity index (χ3n) is 4.32. The van der Waals surface area contributed by atoms with E-state index in [0.29, 0.717) is 0 Å². The second-order valence-electron chi connectivity index (χ2n) is 5.52. The molecule has 0 unspecified atom stereocenters. The quantitative estimate of drug-likeness (QED) is 0.666. The van der Waals surface area contributed by atoms with Gasteiger partial charge in [-0.05, 0) is 74.6 Å². The molecule has 0 saturated heterocycles. The van der Waals surface area contributed by atoms with E-state index in [1.54, 1.807) is 4.80 Å². The van der Waals surface area contributed by atoms with Crippen molar-refractivity contribution in [3.05, 3.63) is 52.1 Å². The SMILES string of the molecule is Cc1ccc(-n2nc3ccc(C)c(C)c3n2)c(C)c1C. The van der Waals surface area contributed by atoms with Crippen molar-refractivity contribution in [3.63, 3.8) is 0 Å². The van der Waals surface area contributed by atoms with Gasteiger partial charge >= 0.3 is 0 Å². The summed E-state index contributed by atoms with van der Waals surface area (Å²) in [4.78, 5) is 1.76. The topological polar surface area (TPSA) is 30.7 Å². The highest BCUT2D eigenvalue weighted by Gasteiger charge is 2.11. The summed E-state index contributed by atoms with van der Waals surface area (Å²) in [6, 6.07) is 8.37. The molecule has 2 aromatic carbocycles. The monoisotopic (exact) mass is 265 g/mol. The first-order chi connectivity index (χ1) is 9.49. The van der Waals surface area contributed by atoms with Crippen molar-refractivity contribution in [1.82, 2.24) is 15.0 Å². The van der Waals surface area contributed by atoms with Gasteiger partial charge in [-0.15, -0.1) is 10.2 Å². The highest BCUT2D eigenvalue weighted by molar-refractivity contribution is 5.78. The average Bonchev–Trinajstić information content (AvgIpc) is 2.85. The van der Waals surface area contributed by atoms with Gasteiger partial charge in [-0.25, -0.2) is 0 Å². The fourth-order valence-electron chi connectivity index (χ4n) is 2.48. The first-order valence-electron chi connectivity index (χ1n) is 6.89. The molecule has 1 aromatic heterocycles. The highest BCUT2D eigenvalue weighted by atomic mass is 15.5. The lowest BCUT2D eigenvalue weighted by molar-refractivity contribution is 0.758. The fourth-order valence-corrected chi connectivity index (χ4v) is 2.48. The van der Waals surface area contributed by atoms with E-state index in [1.807, 2.05) is 6.07 Å². The van der Waals surface area contributed by atoms with Crippen LogP contribution >= 0.6 is 0 Å². The van der Waals surface area contributed by atoms with E-state index in [2.05, 4.69) is 63.0 Å². The largest absolute Gasteiger partial charge is 0.150 e. The van der Waals surface area contributed by atoms with Crippen molar-refractivity contribution in [2.24, 2.45) is 0 Å². The van der Waals surface area contributed by atoms with Crippen molar-refractivity contribution >= 4 is 11.0 Å². The van der Waals surface area contributed by atoms with Gasteiger partial charge in [0.15, 0.2) is 0 Å². The summed E-state index contributed by atoms with van der Waals surface area (Å²) in [7, 11) is 0. The van der Waals surface area contributed by atoms with Gasteiger partial charge in [0, 0.05) is 0 Å². The number of nitrogens with zero attached hydrogens (tertiary/aromatic N) is 3. The molecule has 0 spiro atoms. The summed E-state index contributed by atoms with van der Waals surface area (Å²) >= 11 is 0. The number of benzene rings is 2. The van der Waals surface area contributed by atoms with E-state index >= 15 is 0 Å². The van der Waals surface area contributed by atoms with Crippen molar-refractivity contribution in [2.45, 2.75) is 34.6 Å². The Balaban J connectivity index is 2.26. The second kappa shape index (κ2) is 4.44. The summed E-state index contributed by atoms with van der Waals surface area (Å²) in [5.41, 5.74) is 9.29. The maximum absolute atomic E-state index is 4.68. The predicted molar refractivity (Wildman–Crippen MR) is 82.6 cm³/mol. The Morgan fingerprint density at radius 1 is 0.700 bits per heavy atom. The standard InChI is InChI=1S/C17H19N3/c1-10-7-9-16(14(5)12(10)3)20-18-15-8-6-11(2)13(4)17(15)19-20/h6-9H,1-5H3. The maximum Gasteiger partial charge on any atom is 0.116 e. The summed E-state index contributed by atoms with van der Waals surface area (Å²) in [6.45, 7) is 10.6. The van der Waals surface area contributed by atoms with Crippen molar-refractivity contribution in [3.8, 4) is 5.69 Å². The zero-order chi connectivity index (χ0) is 14.4. The lowest BCUT2D eigenvalue weighted by Crippen LogP contribution is -2.03. The van der Waals surface area contributed by atoms with Gasteiger partial charge in [0.05, 0.1) is 5.69 Å². The lowest BCUT2D eigenvalue weighted by Gasteiger charge is -2.09. The maximum atomic E-state index is 4.68. The van der Waals surface area contributed by atoms with Crippen LogP contribution in [0.3, 0.4) is 0 Å². The Labute approximate surface area is 119 Å². The number of aromatic nitrogens is 3. The molecule has 3 nitrogen and oxygen atoms in total. The summed E-state index contributed by atoms with van der Waals surface area (Å²) in [5.74, 6) is 0. The molecule has 3 rings (SSSR count). The molecule has 0 amide bonds. The molecule has 0 aliphatic carbocycles. The molecule has 0 N–H and O–H groups in total. The van der Waals surface area contributed by atoms with Gasteiger partial charge in [-0.3, -0.25) is 0 Å². The number of aryl methyl sites for hydroxylation is 3. The van der Waals surface area contributed by atoms with Crippen LogP contribution in [0.25, 0.3) is 16.7 Å². The molecule has 0 bridgehead atoms. The van der Waals surface area contributed by atoms with E-state index in [0.717, 1.165) is 16.7 Å². The average molecular weight is 265 g/mol. The van der Waals surface area contributed by atoms with Crippen LogP contribution in [-0.4, -0.2) is 15.0 Å². The van der Waals surface area contributed by atoms with E-state index < -0.39 is 0 Å². The van der Waals surface area contributed by atoms with Gasteiger partial charge in [-0.1, -0.05) is 12.1 Å². The molecule has 0 aliphatic rings. The fraction of sp³-hybridized carbons (Fsp3) is 0.294. The van der Waals surface area contributed by atoms with Crippen LogP contribution in [-0.2, 0) is 0 Å². The number of hydrogen-bond donors (Lipinski definition) is 0. The molecule has 0 atom stereocenters. The Morgan fingerprint density at radius 3 is 2.10 bits per heavy atom. The first kappa shape index (κ1) is 12.9. The summed E-state index contributed by atoms with van der Waals surface area (Å²) in [6.07, 6.45) is 0. The molecular formula is C17H19N3. The summed E-state index contributed by atoms with van der Waals surface area (Å²) in [5, 5.41) is 9.30. The smallest absolute Gasteiger partial charge is 0.116 e. The minimum atomic E-state index is 0.950. The lowest BCUT2D eigenvalue weighted by atomic mass is 10.0. The second-order valence-corrected chi connectivity index (χ2v) is 5.52. The molecule has 3 heteroatoms. The van der Waals surface area contributed by atoms with Crippen molar-refractivity contribution in [1.29, 1.82) is 0 Å². The Hall–Kier alpha value is -2.16. The molecule has 0 aliphatic heterocycles. The molecule has 0 fully saturated rings. The van der Waals surface area contributed by atoms with Crippen molar-refractivity contribution < 1.29 is 0 Å². The molecular weight excluding hydrogens is 246 g/mol. The van der Waals surface area contributed by atoms with E-state index in [9.17, 15) is 0 Å². The molecule has 20 heavy (non-hydrogen) atoms. The highest BCUT2D eigenvalue weighted by Crippen LogP contribution is 2.23. The Bertz CT molecular complexity index is 813. The number of fused-ring (bicyclic) bond motifs is 1. The van der Waals surface area contributed by atoms with Crippen LogP contribution in [0.4, 0.5) is 0 Å². The van der Waals surface area contributed by atoms with E-state index in [4.69, 9.17) is 0 Å². The van der Waals surface area contributed by atoms with Crippen LogP contribution in [0.1, 0.15) is 27.8 Å². The predicted octanol–water partition coefficient (Wildman–Crippen LogP) is 3.96.